The Balaban J connectivity index is 2.36. The maximum atomic E-state index is 10.4. The van der Waals surface area contributed by atoms with Gasteiger partial charge in [0.1, 0.15) is 0 Å². The minimum Gasteiger partial charge on any atom is -0.258 e. The molecule has 0 saturated heterocycles. The molecule has 74 valence electrons. The van der Waals surface area contributed by atoms with Crippen molar-refractivity contribution in [2.75, 3.05) is 0 Å². The summed E-state index contributed by atoms with van der Waals surface area (Å²) in [5.41, 5.74) is 1.59. The average Bonchev–Trinajstić information content (AvgIpc) is 2.30. The summed E-state index contributed by atoms with van der Waals surface area (Å²) in [5.74, 6) is 0. The van der Waals surface area contributed by atoms with Crippen molar-refractivity contribution in [3.63, 3.8) is 0 Å². The van der Waals surface area contributed by atoms with Gasteiger partial charge in [0.15, 0.2) is 0 Å². The Morgan fingerprint density at radius 2 is 1.87 bits per heavy atom. The largest absolute Gasteiger partial charge is 0.269 e. The van der Waals surface area contributed by atoms with E-state index in [1.165, 1.54) is 12.1 Å². The molecule has 1 aromatic carbocycles. The Bertz CT molecular complexity index is 468. The SMILES string of the molecule is O=[N+]([O-])c1ccc(-c2cccnn2)cc1. The Labute approximate surface area is 85.5 Å². The molecule has 5 nitrogen and oxygen atoms in total. The van der Waals surface area contributed by atoms with Crippen LogP contribution in [0.4, 0.5) is 5.69 Å². The maximum Gasteiger partial charge on any atom is 0.269 e. The van der Waals surface area contributed by atoms with Gasteiger partial charge in [-0.3, -0.25) is 10.1 Å². The van der Waals surface area contributed by atoms with E-state index in [-0.39, 0.29) is 5.69 Å². The minimum absolute atomic E-state index is 0.0719. The number of aromatic nitrogens is 2. The predicted octanol–water partition coefficient (Wildman–Crippen LogP) is 2.05. The first-order valence-corrected chi connectivity index (χ1v) is 4.30. The highest BCUT2D eigenvalue weighted by Gasteiger charge is 2.05. The summed E-state index contributed by atoms with van der Waals surface area (Å²) in [6.45, 7) is 0. The van der Waals surface area contributed by atoms with E-state index in [9.17, 15) is 10.1 Å². The quantitative estimate of drug-likeness (QED) is 0.550. The average molecular weight is 201 g/mol. The topological polar surface area (TPSA) is 68.9 Å². The van der Waals surface area contributed by atoms with Gasteiger partial charge in [0, 0.05) is 23.9 Å². The molecule has 0 saturated carbocycles. The molecule has 0 aliphatic rings. The lowest BCUT2D eigenvalue weighted by atomic mass is 10.1. The van der Waals surface area contributed by atoms with Gasteiger partial charge >= 0.3 is 0 Å². The van der Waals surface area contributed by atoms with Crippen LogP contribution in [0.15, 0.2) is 42.6 Å². The second-order valence-electron chi connectivity index (χ2n) is 2.91. The number of rotatable bonds is 2. The molecule has 0 spiro atoms. The van der Waals surface area contributed by atoms with Gasteiger partial charge in [0.25, 0.3) is 5.69 Å². The number of benzene rings is 1. The number of nitro groups is 1. The van der Waals surface area contributed by atoms with Crippen LogP contribution in [0.1, 0.15) is 0 Å². The van der Waals surface area contributed by atoms with Crippen LogP contribution in [-0.2, 0) is 0 Å². The zero-order valence-electron chi connectivity index (χ0n) is 7.70. The minimum atomic E-state index is -0.430. The van der Waals surface area contributed by atoms with E-state index in [4.69, 9.17) is 0 Å². The van der Waals surface area contributed by atoms with Crippen molar-refractivity contribution in [3.8, 4) is 11.3 Å². The lowest BCUT2D eigenvalue weighted by molar-refractivity contribution is -0.384. The van der Waals surface area contributed by atoms with E-state index in [0.29, 0.717) is 5.69 Å². The molecule has 0 atom stereocenters. The number of nitrogens with zero attached hydrogens (tertiary/aromatic N) is 3. The van der Waals surface area contributed by atoms with Gasteiger partial charge in [-0.2, -0.15) is 10.2 Å². The van der Waals surface area contributed by atoms with Crippen molar-refractivity contribution in [2.45, 2.75) is 0 Å². The third-order valence-electron chi connectivity index (χ3n) is 1.95. The standard InChI is InChI=1S/C10H7N3O2/c14-13(15)9-5-3-8(4-6-9)10-2-1-7-11-12-10/h1-7H. The lowest BCUT2D eigenvalue weighted by Crippen LogP contribution is -1.88. The summed E-state index contributed by atoms with van der Waals surface area (Å²) in [4.78, 5) is 10.00. The summed E-state index contributed by atoms with van der Waals surface area (Å²) < 4.78 is 0. The summed E-state index contributed by atoms with van der Waals surface area (Å²) in [6, 6.07) is 9.77. The molecule has 2 rings (SSSR count). The molecular formula is C10H7N3O2. The summed E-state index contributed by atoms with van der Waals surface area (Å²) in [6.07, 6.45) is 1.58. The van der Waals surface area contributed by atoms with Crippen LogP contribution in [0, 0.1) is 10.1 Å². The molecule has 15 heavy (non-hydrogen) atoms. The Kier molecular flexibility index (Phi) is 2.37. The first-order chi connectivity index (χ1) is 7.27. The van der Waals surface area contributed by atoms with E-state index in [2.05, 4.69) is 10.2 Å². The fraction of sp³-hybridized carbons (Fsp3) is 0. The van der Waals surface area contributed by atoms with Crippen molar-refractivity contribution in [1.82, 2.24) is 10.2 Å². The molecule has 0 N–H and O–H groups in total. The molecular weight excluding hydrogens is 194 g/mol. The Morgan fingerprint density at radius 1 is 1.13 bits per heavy atom. The van der Waals surface area contributed by atoms with Crippen LogP contribution < -0.4 is 0 Å². The highest BCUT2D eigenvalue weighted by molar-refractivity contribution is 5.59. The molecule has 0 radical (unpaired) electrons. The van der Waals surface area contributed by atoms with Crippen molar-refractivity contribution in [2.24, 2.45) is 0 Å². The molecule has 0 fully saturated rings. The summed E-state index contributed by atoms with van der Waals surface area (Å²) >= 11 is 0. The molecule has 2 aromatic rings. The van der Waals surface area contributed by atoms with Gasteiger partial charge in [0.2, 0.25) is 0 Å². The zero-order chi connectivity index (χ0) is 10.7. The van der Waals surface area contributed by atoms with Gasteiger partial charge in [-0.1, -0.05) is 0 Å². The van der Waals surface area contributed by atoms with Crippen molar-refractivity contribution in [3.05, 3.63) is 52.7 Å². The van der Waals surface area contributed by atoms with Crippen molar-refractivity contribution < 1.29 is 4.92 Å². The normalized spacial score (nSPS) is 9.87. The van der Waals surface area contributed by atoms with E-state index in [1.807, 2.05) is 0 Å². The van der Waals surface area contributed by atoms with Crippen LogP contribution in [0.3, 0.4) is 0 Å². The molecule has 0 aliphatic heterocycles. The second kappa shape index (κ2) is 3.83. The smallest absolute Gasteiger partial charge is 0.258 e. The third kappa shape index (κ3) is 1.96. The van der Waals surface area contributed by atoms with Gasteiger partial charge in [0.05, 0.1) is 10.6 Å². The fourth-order valence-electron chi connectivity index (χ4n) is 1.21. The van der Waals surface area contributed by atoms with Gasteiger partial charge < -0.3 is 0 Å². The molecule has 0 amide bonds. The third-order valence-corrected chi connectivity index (χ3v) is 1.95. The zero-order valence-corrected chi connectivity index (χ0v) is 7.70. The molecule has 1 heterocycles. The van der Waals surface area contributed by atoms with Crippen molar-refractivity contribution in [1.29, 1.82) is 0 Å². The molecule has 0 bridgehead atoms. The number of hydrogen-bond donors (Lipinski definition) is 0. The molecule has 1 aromatic heterocycles. The molecule has 0 unspecified atom stereocenters. The van der Waals surface area contributed by atoms with E-state index in [0.717, 1.165) is 5.56 Å². The van der Waals surface area contributed by atoms with Crippen LogP contribution in [0.2, 0.25) is 0 Å². The van der Waals surface area contributed by atoms with Crippen LogP contribution in [0.25, 0.3) is 11.3 Å². The highest BCUT2D eigenvalue weighted by atomic mass is 16.6. The maximum absolute atomic E-state index is 10.4. The molecule has 5 heteroatoms. The van der Waals surface area contributed by atoms with E-state index < -0.39 is 4.92 Å². The second-order valence-corrected chi connectivity index (χ2v) is 2.91. The highest BCUT2D eigenvalue weighted by Crippen LogP contribution is 2.19. The number of hydrogen-bond acceptors (Lipinski definition) is 4. The first-order valence-electron chi connectivity index (χ1n) is 4.30. The fourth-order valence-corrected chi connectivity index (χ4v) is 1.21. The van der Waals surface area contributed by atoms with Crippen LogP contribution >= 0.6 is 0 Å². The van der Waals surface area contributed by atoms with Gasteiger partial charge in [-0.05, 0) is 24.3 Å². The van der Waals surface area contributed by atoms with Crippen LogP contribution in [-0.4, -0.2) is 15.1 Å². The lowest BCUT2D eigenvalue weighted by Gasteiger charge is -1.97. The summed E-state index contributed by atoms with van der Waals surface area (Å²) in [5, 5.41) is 18.1. The number of nitro benzene ring substituents is 1. The Hall–Kier alpha value is -2.30. The first kappa shape index (κ1) is 9.26. The van der Waals surface area contributed by atoms with Gasteiger partial charge in [-0.25, -0.2) is 0 Å². The monoisotopic (exact) mass is 201 g/mol. The number of non-ortho nitro benzene ring substituents is 1. The Morgan fingerprint density at radius 3 is 2.40 bits per heavy atom. The van der Waals surface area contributed by atoms with E-state index in [1.54, 1.807) is 30.5 Å². The van der Waals surface area contributed by atoms with E-state index >= 15 is 0 Å². The van der Waals surface area contributed by atoms with Crippen molar-refractivity contribution >= 4 is 5.69 Å². The van der Waals surface area contributed by atoms with Gasteiger partial charge in [-0.15, -0.1) is 0 Å². The molecule has 0 aliphatic carbocycles. The van der Waals surface area contributed by atoms with Crippen LogP contribution in [0.5, 0.6) is 0 Å². The summed E-state index contributed by atoms with van der Waals surface area (Å²) in [7, 11) is 0. The predicted molar refractivity (Wildman–Crippen MR) is 54.1 cm³/mol.